The number of benzene rings is 2. The van der Waals surface area contributed by atoms with Gasteiger partial charge in [-0.15, -0.1) is 0 Å². The number of amides is 4. The average molecular weight is 1040 g/mol. The van der Waals surface area contributed by atoms with Gasteiger partial charge in [0.1, 0.15) is 34.8 Å². The van der Waals surface area contributed by atoms with E-state index in [0.717, 1.165) is 48.7 Å². The van der Waals surface area contributed by atoms with Crippen molar-refractivity contribution >= 4 is 76.0 Å². The third kappa shape index (κ3) is 11.1. The number of carbonyl (C=O) groups is 5. The monoisotopic (exact) mass is 1040 g/mol. The summed E-state index contributed by atoms with van der Waals surface area (Å²) in [5.41, 5.74) is 18.3. The van der Waals surface area contributed by atoms with Crippen LogP contribution in [0.4, 0.5) is 33.1 Å². The van der Waals surface area contributed by atoms with E-state index in [4.69, 9.17) is 31.4 Å². The van der Waals surface area contributed by atoms with Crippen LogP contribution in [0.1, 0.15) is 65.1 Å². The fourth-order valence-corrected chi connectivity index (χ4v) is 10.8. The molecule has 0 bridgehead atoms. The lowest BCUT2D eigenvalue weighted by Gasteiger charge is -2.38. The molecular formula is C56H62FN15O5. The molecule has 4 fully saturated rings. The second-order valence-electron chi connectivity index (χ2n) is 19.9. The summed E-state index contributed by atoms with van der Waals surface area (Å²) in [6.45, 7) is 7.48. The quantitative estimate of drug-likeness (QED) is 0.0626. The second kappa shape index (κ2) is 22.6. The van der Waals surface area contributed by atoms with Crippen molar-refractivity contribution in [2.75, 3.05) is 91.7 Å². The van der Waals surface area contributed by atoms with Crippen LogP contribution < -0.4 is 36.8 Å². The normalized spacial score (nSPS) is 18.0. The zero-order valence-electron chi connectivity index (χ0n) is 43.1. The Morgan fingerprint density at radius 1 is 0.870 bits per heavy atom. The molecule has 4 aliphatic heterocycles. The Morgan fingerprint density at radius 3 is 2.34 bits per heavy atom. The number of nitrogens with one attached hydrogen (secondary N) is 2. The molecule has 6 aromatic rings. The summed E-state index contributed by atoms with van der Waals surface area (Å²) in [5, 5.41) is 5.48. The van der Waals surface area contributed by atoms with Gasteiger partial charge < -0.3 is 41.3 Å². The zero-order valence-corrected chi connectivity index (χ0v) is 43.1. The summed E-state index contributed by atoms with van der Waals surface area (Å²) in [6, 6.07) is 20.9. The number of imidazole rings is 1. The van der Waals surface area contributed by atoms with Crippen molar-refractivity contribution in [2.24, 2.45) is 16.6 Å². The number of carbonyl (C=O) groups excluding carboxylic acids is 5. The van der Waals surface area contributed by atoms with E-state index in [0.29, 0.717) is 104 Å². The molecule has 1 unspecified atom stereocenters. The van der Waals surface area contributed by atoms with E-state index in [1.54, 1.807) is 36.7 Å². The highest BCUT2D eigenvalue weighted by Gasteiger charge is 2.35. The van der Waals surface area contributed by atoms with Crippen molar-refractivity contribution in [1.82, 2.24) is 39.6 Å². The lowest BCUT2D eigenvalue weighted by Crippen LogP contribution is -2.53. The van der Waals surface area contributed by atoms with Crippen molar-refractivity contribution < 1.29 is 28.4 Å². The first-order valence-electron chi connectivity index (χ1n) is 26.1. The number of imide groups is 1. The van der Waals surface area contributed by atoms with Gasteiger partial charge in [0.2, 0.25) is 17.7 Å². The number of fused-ring (bicyclic) bond motifs is 1. The van der Waals surface area contributed by atoms with E-state index in [9.17, 15) is 24.0 Å². The van der Waals surface area contributed by atoms with Gasteiger partial charge in [-0.3, -0.25) is 38.8 Å². The molecule has 0 aliphatic carbocycles. The average Bonchev–Trinajstić information content (AvgIpc) is 3.86. The third-order valence-corrected chi connectivity index (χ3v) is 15.2. The number of aryl methyl sites for hydroxylation is 1. The highest BCUT2D eigenvalue weighted by molar-refractivity contribution is 6.09. The minimum absolute atomic E-state index is 0.000858. The molecule has 4 amide bonds. The lowest BCUT2D eigenvalue weighted by molar-refractivity contribution is -0.138. The number of piperazine rings is 1. The van der Waals surface area contributed by atoms with E-state index in [2.05, 4.69) is 42.5 Å². The molecule has 4 aliphatic rings. The van der Waals surface area contributed by atoms with Crippen LogP contribution >= 0.6 is 0 Å². The first kappa shape index (κ1) is 51.7. The molecule has 0 spiro atoms. The molecule has 77 heavy (non-hydrogen) atoms. The van der Waals surface area contributed by atoms with Gasteiger partial charge in [-0.25, -0.2) is 24.3 Å². The second-order valence-corrected chi connectivity index (χ2v) is 19.9. The number of likely N-dealkylation sites (tertiary alicyclic amines) is 1. The predicted molar refractivity (Wildman–Crippen MR) is 294 cm³/mol. The van der Waals surface area contributed by atoms with Crippen LogP contribution in [0.5, 0.6) is 0 Å². The SMILES string of the molecule is Cc1nc2ccc(-c3ccnc(N)c3)nc2n1-c1ccc(N2CCN(c3ccc(N4CCC(C(=O)N5CCC(N=C/C(=C\N)CNc6cccc(C=O)c6C(=O)N(C)C6CCC(=O)NC6=O)CC5)CC4)nc3)CC2)c(F)c1. The number of aliphatic imine (C=N–C) groups is 1. The maximum Gasteiger partial charge on any atom is 0.257 e. The summed E-state index contributed by atoms with van der Waals surface area (Å²) in [5.74, 6) is 0.326. The standard InChI is InChI=1S/C56H62FN15O5/c1-35-64-46-9-8-44(38-14-19-60-49(59)28-38)65-53(46)72(35)41-6-10-47(43(57)29-41)69-26-24-68(25-27-69)42-7-12-50(63-33-42)70-20-15-37(16-21-70)55(76)71-22-17-40(18-23-71)61-31-36(30-58)32-62-45-5-3-4-39(34-73)52(45)56(77)67(2)48-11-13-51(74)66-54(48)75/h3-10,12,14,19,28-31,33-34,37,40,48,62H,11,13,15-18,20-27,32,58H2,1-2H3,(H2,59,60)(H,66,74,75)/b36-30+,61-31?. The predicted octanol–water partition coefficient (Wildman–Crippen LogP) is 5.16. The Hall–Kier alpha value is -8.75. The molecule has 4 saturated heterocycles. The molecular weight excluding hydrogens is 982 g/mol. The van der Waals surface area contributed by atoms with Gasteiger partial charge in [-0.05, 0) is 93.6 Å². The van der Waals surface area contributed by atoms with E-state index in [-0.39, 0.29) is 60.1 Å². The Kier molecular flexibility index (Phi) is 15.2. The van der Waals surface area contributed by atoms with Crippen molar-refractivity contribution in [1.29, 1.82) is 0 Å². The molecule has 20 nitrogen and oxygen atoms in total. The smallest absolute Gasteiger partial charge is 0.257 e. The van der Waals surface area contributed by atoms with Crippen LogP contribution in [0.15, 0.2) is 102 Å². The number of nitrogen functional groups attached to an aromatic ring is 1. The molecule has 2 aromatic carbocycles. The number of hydrogen-bond donors (Lipinski definition) is 4. The number of rotatable bonds is 14. The van der Waals surface area contributed by atoms with Crippen LogP contribution in [-0.2, 0) is 14.4 Å². The maximum absolute atomic E-state index is 16.0. The van der Waals surface area contributed by atoms with Crippen LogP contribution in [0.3, 0.4) is 0 Å². The maximum atomic E-state index is 16.0. The number of pyridine rings is 3. The van der Waals surface area contributed by atoms with Crippen molar-refractivity contribution in [3.8, 4) is 16.9 Å². The van der Waals surface area contributed by atoms with Gasteiger partial charge in [0.25, 0.3) is 5.91 Å². The van der Waals surface area contributed by atoms with Crippen molar-refractivity contribution in [3.63, 3.8) is 0 Å². The Morgan fingerprint density at radius 2 is 1.64 bits per heavy atom. The highest BCUT2D eigenvalue weighted by Crippen LogP contribution is 2.31. The Balaban J connectivity index is 0.667. The minimum atomic E-state index is -0.852. The van der Waals surface area contributed by atoms with Gasteiger partial charge in [-0.2, -0.15) is 0 Å². The first-order valence-corrected chi connectivity index (χ1v) is 26.1. The van der Waals surface area contributed by atoms with Crippen LogP contribution in [0.25, 0.3) is 28.1 Å². The lowest BCUT2D eigenvalue weighted by atomic mass is 9.94. The minimum Gasteiger partial charge on any atom is -0.404 e. The number of nitrogens with two attached hydrogens (primary N) is 2. The number of nitrogens with zero attached hydrogens (tertiary/aromatic N) is 11. The van der Waals surface area contributed by atoms with E-state index < -0.39 is 17.9 Å². The molecule has 0 radical (unpaired) electrons. The Labute approximate surface area is 445 Å². The molecule has 0 saturated carbocycles. The van der Waals surface area contributed by atoms with Crippen molar-refractivity contribution in [3.05, 3.63) is 120 Å². The summed E-state index contributed by atoms with van der Waals surface area (Å²) in [4.78, 5) is 96.8. The number of hydrogen-bond acceptors (Lipinski definition) is 16. The number of anilines is 5. The molecule has 1 atom stereocenters. The number of halogens is 1. The molecule has 21 heteroatoms. The Bertz CT molecular complexity index is 3270. The van der Waals surface area contributed by atoms with Crippen LogP contribution in [0, 0.1) is 18.7 Å². The summed E-state index contributed by atoms with van der Waals surface area (Å²) in [6.07, 6.45) is 10.5. The van der Waals surface area contributed by atoms with Gasteiger partial charge >= 0.3 is 0 Å². The fraction of sp³-hybridized carbons (Fsp3) is 0.357. The molecule has 10 rings (SSSR count). The number of aromatic nitrogens is 5. The summed E-state index contributed by atoms with van der Waals surface area (Å²) < 4.78 is 17.9. The molecule has 6 N–H and O–H groups in total. The van der Waals surface area contributed by atoms with Gasteiger partial charge in [0.05, 0.1) is 40.6 Å². The first-order chi connectivity index (χ1) is 37.3. The van der Waals surface area contributed by atoms with E-state index >= 15 is 4.39 Å². The number of likely N-dealkylation sites (N-methyl/N-ethyl adjacent to an activating group) is 1. The third-order valence-electron chi connectivity index (χ3n) is 15.2. The van der Waals surface area contributed by atoms with Crippen LogP contribution in [0.2, 0.25) is 0 Å². The molecule has 4 aromatic heterocycles. The van der Waals surface area contributed by atoms with Crippen LogP contribution in [-0.4, -0.2) is 148 Å². The molecule has 398 valence electrons. The molecule has 8 heterocycles. The van der Waals surface area contributed by atoms with Gasteiger partial charge in [0.15, 0.2) is 11.9 Å². The highest BCUT2D eigenvalue weighted by atomic mass is 19.1. The zero-order chi connectivity index (χ0) is 53.7. The van der Waals surface area contributed by atoms with Gasteiger partial charge in [-0.1, -0.05) is 12.1 Å². The van der Waals surface area contributed by atoms with Crippen molar-refractivity contribution in [2.45, 2.75) is 57.5 Å². The fourth-order valence-electron chi connectivity index (χ4n) is 10.8. The number of piperidine rings is 3. The largest absolute Gasteiger partial charge is 0.404 e. The van der Waals surface area contributed by atoms with Gasteiger partial charge in [0, 0.05) is 125 Å². The van der Waals surface area contributed by atoms with E-state index in [1.807, 2.05) is 52.9 Å². The van der Waals surface area contributed by atoms with E-state index in [1.165, 1.54) is 24.2 Å². The summed E-state index contributed by atoms with van der Waals surface area (Å²) >= 11 is 0. The topological polar surface area (TPSA) is 246 Å². The number of aldehydes is 1. The summed E-state index contributed by atoms with van der Waals surface area (Å²) in [7, 11) is 1.48.